The molecular formula is C19H17N7O4. The number of aromatic carboxylic acids is 1. The fourth-order valence-corrected chi connectivity index (χ4v) is 3.24. The molecule has 1 aromatic carbocycles. The number of carboxylic acids is 1. The zero-order chi connectivity index (χ0) is 20.5. The Kier molecular flexibility index (Phi) is 4.48. The first-order valence-corrected chi connectivity index (χ1v) is 9.29. The smallest absolute Gasteiger partial charge is 0.358 e. The van der Waals surface area contributed by atoms with Crippen molar-refractivity contribution in [2.24, 2.45) is 0 Å². The zero-order valence-electron chi connectivity index (χ0n) is 15.7. The average Bonchev–Trinajstić information content (AvgIpc) is 3.45. The van der Waals surface area contributed by atoms with Crippen molar-refractivity contribution in [2.75, 3.05) is 36.5 Å². The number of fused-ring (bicyclic) bond motifs is 1. The Balaban J connectivity index is 1.44. The second-order valence-electron chi connectivity index (χ2n) is 6.68. The minimum atomic E-state index is -1.19. The van der Waals surface area contributed by atoms with Gasteiger partial charge in [-0.15, -0.1) is 0 Å². The van der Waals surface area contributed by atoms with Crippen LogP contribution in [0.2, 0.25) is 0 Å². The van der Waals surface area contributed by atoms with Gasteiger partial charge in [0.05, 0.1) is 19.4 Å². The number of nitrogens with one attached hydrogen (secondary N) is 2. The van der Waals surface area contributed by atoms with Crippen LogP contribution < -0.4 is 10.2 Å². The monoisotopic (exact) mass is 407 g/mol. The van der Waals surface area contributed by atoms with E-state index in [9.17, 15) is 4.79 Å². The van der Waals surface area contributed by atoms with E-state index in [0.29, 0.717) is 16.9 Å². The van der Waals surface area contributed by atoms with E-state index in [1.807, 2.05) is 24.3 Å². The van der Waals surface area contributed by atoms with Crippen molar-refractivity contribution in [2.45, 2.75) is 0 Å². The number of carbonyl (C=O) groups is 1. The van der Waals surface area contributed by atoms with Gasteiger partial charge in [-0.3, -0.25) is 5.10 Å². The predicted molar refractivity (Wildman–Crippen MR) is 107 cm³/mol. The third kappa shape index (κ3) is 3.42. The Morgan fingerprint density at radius 1 is 1.17 bits per heavy atom. The van der Waals surface area contributed by atoms with Crippen LogP contribution in [0.1, 0.15) is 10.5 Å². The quantitative estimate of drug-likeness (QED) is 0.451. The van der Waals surface area contributed by atoms with E-state index in [2.05, 4.69) is 35.5 Å². The van der Waals surface area contributed by atoms with Gasteiger partial charge in [0.15, 0.2) is 11.5 Å². The number of hydrogen-bond donors (Lipinski definition) is 3. The number of ether oxygens (including phenoxy) is 1. The number of benzene rings is 1. The molecule has 0 spiro atoms. The number of nitrogens with zero attached hydrogens (tertiary/aromatic N) is 5. The van der Waals surface area contributed by atoms with Gasteiger partial charge in [0.2, 0.25) is 11.6 Å². The minimum absolute atomic E-state index is 0.154. The lowest BCUT2D eigenvalue weighted by atomic mass is 10.2. The van der Waals surface area contributed by atoms with Crippen molar-refractivity contribution >= 4 is 34.2 Å². The van der Waals surface area contributed by atoms with Crippen molar-refractivity contribution in [3.63, 3.8) is 0 Å². The van der Waals surface area contributed by atoms with Gasteiger partial charge in [0, 0.05) is 30.5 Å². The topological polar surface area (TPSA) is 142 Å². The predicted octanol–water partition coefficient (Wildman–Crippen LogP) is 2.29. The molecule has 0 atom stereocenters. The fourth-order valence-electron chi connectivity index (χ4n) is 3.24. The van der Waals surface area contributed by atoms with Gasteiger partial charge in [-0.1, -0.05) is 5.16 Å². The first-order valence-electron chi connectivity index (χ1n) is 9.29. The first-order chi connectivity index (χ1) is 14.7. The summed E-state index contributed by atoms with van der Waals surface area (Å²) < 4.78 is 10.5. The van der Waals surface area contributed by atoms with E-state index in [1.54, 1.807) is 6.20 Å². The Morgan fingerprint density at radius 3 is 2.70 bits per heavy atom. The van der Waals surface area contributed by atoms with Crippen LogP contribution in [0.3, 0.4) is 0 Å². The molecule has 0 bridgehead atoms. The third-order valence-corrected chi connectivity index (χ3v) is 4.76. The Bertz CT molecular complexity index is 1200. The lowest BCUT2D eigenvalue weighted by Gasteiger charge is -2.28. The molecule has 5 rings (SSSR count). The molecule has 4 heterocycles. The number of carboxylic acid groups (broad SMARTS) is 1. The van der Waals surface area contributed by atoms with Crippen LogP contribution in [0.4, 0.5) is 17.2 Å². The largest absolute Gasteiger partial charge is 0.476 e. The van der Waals surface area contributed by atoms with Gasteiger partial charge < -0.3 is 24.6 Å². The molecule has 1 fully saturated rings. The van der Waals surface area contributed by atoms with E-state index in [-0.39, 0.29) is 17.3 Å². The van der Waals surface area contributed by atoms with E-state index < -0.39 is 5.97 Å². The fraction of sp³-hybridized carbons (Fsp3) is 0.211. The maximum absolute atomic E-state index is 11.1. The van der Waals surface area contributed by atoms with Crippen LogP contribution in [0.25, 0.3) is 22.6 Å². The molecule has 3 N–H and O–H groups in total. The number of aromatic amines is 1. The van der Waals surface area contributed by atoms with Crippen LogP contribution in [0, 0.1) is 0 Å². The van der Waals surface area contributed by atoms with E-state index in [0.717, 1.165) is 37.7 Å². The minimum Gasteiger partial charge on any atom is -0.476 e. The van der Waals surface area contributed by atoms with Crippen LogP contribution in [-0.2, 0) is 4.74 Å². The summed E-state index contributed by atoms with van der Waals surface area (Å²) in [7, 11) is 0. The summed E-state index contributed by atoms with van der Waals surface area (Å²) in [4.78, 5) is 22.2. The van der Waals surface area contributed by atoms with Crippen molar-refractivity contribution in [3.05, 3.63) is 42.2 Å². The van der Waals surface area contributed by atoms with E-state index >= 15 is 0 Å². The first kappa shape index (κ1) is 18.1. The van der Waals surface area contributed by atoms with Gasteiger partial charge in [-0.2, -0.15) is 5.10 Å². The van der Waals surface area contributed by atoms with Gasteiger partial charge >= 0.3 is 5.97 Å². The molecule has 11 heteroatoms. The summed E-state index contributed by atoms with van der Waals surface area (Å²) in [6, 6.07) is 9.28. The number of hydrogen-bond acceptors (Lipinski definition) is 9. The van der Waals surface area contributed by atoms with Gasteiger partial charge in [0.1, 0.15) is 11.0 Å². The molecule has 0 radical (unpaired) electrons. The molecule has 0 saturated carbocycles. The number of aromatic nitrogens is 5. The molecule has 0 amide bonds. The summed E-state index contributed by atoms with van der Waals surface area (Å²) in [6.45, 7) is 3.19. The molecule has 1 aliphatic rings. The maximum Gasteiger partial charge on any atom is 0.358 e. The SMILES string of the molecule is O=C(O)c1cc(-c2nc(Nc3ccc(N4CCOCC4)cc3)c3[nH]ncc3n2)on1. The Labute approximate surface area is 169 Å². The van der Waals surface area contributed by atoms with Crippen molar-refractivity contribution in [1.29, 1.82) is 0 Å². The van der Waals surface area contributed by atoms with Gasteiger partial charge in [-0.05, 0) is 24.3 Å². The number of rotatable bonds is 5. The molecule has 1 aliphatic heterocycles. The summed E-state index contributed by atoms with van der Waals surface area (Å²) in [6.07, 6.45) is 1.56. The summed E-state index contributed by atoms with van der Waals surface area (Å²) in [5.41, 5.74) is 2.92. The summed E-state index contributed by atoms with van der Waals surface area (Å²) >= 11 is 0. The highest BCUT2D eigenvalue weighted by Crippen LogP contribution is 2.27. The average molecular weight is 407 g/mol. The van der Waals surface area contributed by atoms with Gasteiger partial charge in [0.25, 0.3) is 0 Å². The van der Waals surface area contributed by atoms with Gasteiger partial charge in [-0.25, -0.2) is 14.8 Å². The lowest BCUT2D eigenvalue weighted by molar-refractivity contribution is 0.0686. The number of morpholine rings is 1. The lowest BCUT2D eigenvalue weighted by Crippen LogP contribution is -2.36. The summed E-state index contributed by atoms with van der Waals surface area (Å²) in [5, 5.41) is 22.7. The highest BCUT2D eigenvalue weighted by Gasteiger charge is 2.18. The summed E-state index contributed by atoms with van der Waals surface area (Å²) in [5.74, 6) is -0.342. The highest BCUT2D eigenvalue weighted by atomic mass is 16.5. The maximum atomic E-state index is 11.1. The molecular weight excluding hydrogens is 390 g/mol. The van der Waals surface area contributed by atoms with E-state index in [1.165, 1.54) is 6.07 Å². The van der Waals surface area contributed by atoms with Crippen molar-refractivity contribution in [1.82, 2.24) is 25.3 Å². The van der Waals surface area contributed by atoms with Crippen molar-refractivity contribution in [3.8, 4) is 11.6 Å². The third-order valence-electron chi connectivity index (χ3n) is 4.76. The molecule has 1 saturated heterocycles. The van der Waals surface area contributed by atoms with Crippen LogP contribution in [0.15, 0.2) is 41.1 Å². The Hall–Kier alpha value is -3.99. The molecule has 0 aliphatic carbocycles. The molecule has 11 nitrogen and oxygen atoms in total. The zero-order valence-corrected chi connectivity index (χ0v) is 15.7. The molecule has 3 aromatic heterocycles. The highest BCUT2D eigenvalue weighted by molar-refractivity contribution is 5.89. The number of H-pyrrole nitrogens is 1. The second kappa shape index (κ2) is 7.44. The van der Waals surface area contributed by atoms with Crippen molar-refractivity contribution < 1.29 is 19.2 Å². The van der Waals surface area contributed by atoms with E-state index in [4.69, 9.17) is 14.4 Å². The molecule has 4 aromatic rings. The number of anilines is 3. The second-order valence-corrected chi connectivity index (χ2v) is 6.68. The van der Waals surface area contributed by atoms with Crippen LogP contribution >= 0.6 is 0 Å². The molecule has 152 valence electrons. The molecule has 30 heavy (non-hydrogen) atoms. The standard InChI is InChI=1S/C19H17N7O4/c27-19(28)13-9-15(30-25-13)17-22-14-10-20-24-16(14)18(23-17)21-11-1-3-12(4-2-11)26-5-7-29-8-6-26/h1-4,9-10H,5-8H2,(H,20,24)(H,27,28)(H,21,22,23). The molecule has 0 unspecified atom stereocenters. The van der Waals surface area contributed by atoms with Crippen LogP contribution in [-0.4, -0.2) is 62.7 Å². The normalized spacial score (nSPS) is 14.2. The van der Waals surface area contributed by atoms with Crippen LogP contribution in [0.5, 0.6) is 0 Å². The Morgan fingerprint density at radius 2 is 1.97 bits per heavy atom.